The van der Waals surface area contributed by atoms with Gasteiger partial charge in [-0.15, -0.1) is 0 Å². The van der Waals surface area contributed by atoms with Crippen molar-refractivity contribution in [2.45, 2.75) is 33.3 Å². The number of aromatic nitrogens is 2. The van der Waals surface area contributed by atoms with E-state index >= 15 is 0 Å². The van der Waals surface area contributed by atoms with Crippen molar-refractivity contribution in [2.75, 3.05) is 52.4 Å². The number of aryl methyl sites for hydroxylation is 1. The average Bonchev–Trinajstić information content (AvgIpc) is 3.06. The highest BCUT2D eigenvalue weighted by molar-refractivity contribution is 5.80. The number of nitrogens with one attached hydrogen (secondary N) is 1. The number of aliphatic imine (C=N–C) groups is 1. The van der Waals surface area contributed by atoms with Crippen molar-refractivity contribution >= 4 is 5.96 Å². The van der Waals surface area contributed by atoms with E-state index in [0.717, 1.165) is 57.3 Å². The topological polar surface area (TPSA) is 57.9 Å². The molecule has 2 heterocycles. The SMILES string of the molecule is CCCN(CC)CCN=C(NCC)N1CCOC(c2cnn(C)c2)C1. The number of nitrogens with zero attached hydrogens (tertiary/aromatic N) is 5. The fraction of sp³-hybridized carbons (Fsp3) is 0.778. The molecule has 0 radical (unpaired) electrons. The minimum absolute atomic E-state index is 0.0542. The molecule has 1 saturated heterocycles. The second-order valence-electron chi connectivity index (χ2n) is 6.42. The van der Waals surface area contributed by atoms with Gasteiger partial charge in [-0.25, -0.2) is 0 Å². The van der Waals surface area contributed by atoms with Gasteiger partial charge in [-0.05, 0) is 26.4 Å². The molecule has 0 bridgehead atoms. The van der Waals surface area contributed by atoms with Crippen LogP contribution in [0.15, 0.2) is 17.4 Å². The van der Waals surface area contributed by atoms with Crippen molar-refractivity contribution < 1.29 is 4.74 Å². The Kier molecular flexibility index (Phi) is 8.21. The minimum atomic E-state index is 0.0542. The lowest BCUT2D eigenvalue weighted by molar-refractivity contribution is -0.00805. The molecule has 1 aliphatic heterocycles. The van der Waals surface area contributed by atoms with E-state index in [0.29, 0.717) is 6.61 Å². The summed E-state index contributed by atoms with van der Waals surface area (Å²) in [7, 11) is 1.94. The summed E-state index contributed by atoms with van der Waals surface area (Å²) in [6.45, 7) is 13.9. The van der Waals surface area contributed by atoms with Gasteiger partial charge < -0.3 is 19.9 Å². The Bertz CT molecular complexity index is 529. The number of morpholine rings is 1. The van der Waals surface area contributed by atoms with Crippen LogP contribution in [0.25, 0.3) is 0 Å². The largest absolute Gasteiger partial charge is 0.370 e. The zero-order chi connectivity index (χ0) is 18.1. The van der Waals surface area contributed by atoms with Crippen LogP contribution >= 0.6 is 0 Å². The Balaban J connectivity index is 1.96. The highest BCUT2D eigenvalue weighted by Gasteiger charge is 2.25. The van der Waals surface area contributed by atoms with Crippen LogP contribution in [0, 0.1) is 0 Å². The molecule has 1 aliphatic rings. The lowest BCUT2D eigenvalue weighted by Crippen LogP contribution is -2.48. The van der Waals surface area contributed by atoms with Crippen LogP contribution in [0.2, 0.25) is 0 Å². The Morgan fingerprint density at radius 3 is 2.88 bits per heavy atom. The smallest absolute Gasteiger partial charge is 0.194 e. The molecule has 0 aliphatic carbocycles. The molecule has 1 atom stereocenters. The van der Waals surface area contributed by atoms with E-state index in [1.54, 1.807) is 0 Å². The van der Waals surface area contributed by atoms with Gasteiger partial charge in [0.05, 0.1) is 25.9 Å². The first kappa shape index (κ1) is 19.7. The van der Waals surface area contributed by atoms with Crippen molar-refractivity contribution in [1.82, 2.24) is 24.9 Å². The molecule has 0 saturated carbocycles. The fourth-order valence-electron chi connectivity index (χ4n) is 3.12. The molecule has 1 aromatic rings. The quantitative estimate of drug-likeness (QED) is 0.569. The van der Waals surface area contributed by atoms with Crippen LogP contribution in [0.4, 0.5) is 0 Å². The number of hydrogen-bond donors (Lipinski definition) is 1. The third kappa shape index (κ3) is 6.01. The lowest BCUT2D eigenvalue weighted by atomic mass is 10.1. The molecule has 1 N–H and O–H groups in total. The highest BCUT2D eigenvalue weighted by atomic mass is 16.5. The van der Waals surface area contributed by atoms with E-state index < -0.39 is 0 Å². The van der Waals surface area contributed by atoms with Crippen LogP contribution in [0.3, 0.4) is 0 Å². The number of guanidine groups is 1. The Labute approximate surface area is 152 Å². The summed E-state index contributed by atoms with van der Waals surface area (Å²) in [5, 5.41) is 7.69. The van der Waals surface area contributed by atoms with Crippen LogP contribution in [-0.2, 0) is 11.8 Å². The van der Waals surface area contributed by atoms with Gasteiger partial charge in [0.1, 0.15) is 6.10 Å². The maximum Gasteiger partial charge on any atom is 0.194 e. The maximum absolute atomic E-state index is 5.94. The van der Waals surface area contributed by atoms with Crippen molar-refractivity contribution in [2.24, 2.45) is 12.0 Å². The molecule has 2 rings (SSSR count). The van der Waals surface area contributed by atoms with Crippen LogP contribution in [-0.4, -0.2) is 78.0 Å². The first-order valence-corrected chi connectivity index (χ1v) is 9.53. The monoisotopic (exact) mass is 350 g/mol. The maximum atomic E-state index is 5.94. The Morgan fingerprint density at radius 1 is 1.40 bits per heavy atom. The van der Waals surface area contributed by atoms with Gasteiger partial charge in [0.2, 0.25) is 0 Å². The second-order valence-corrected chi connectivity index (χ2v) is 6.42. The molecule has 1 aromatic heterocycles. The molecule has 0 aromatic carbocycles. The van der Waals surface area contributed by atoms with E-state index in [1.165, 1.54) is 6.42 Å². The summed E-state index contributed by atoms with van der Waals surface area (Å²) in [4.78, 5) is 9.61. The zero-order valence-corrected chi connectivity index (χ0v) is 16.2. The minimum Gasteiger partial charge on any atom is -0.370 e. The number of likely N-dealkylation sites (N-methyl/N-ethyl adjacent to an activating group) is 1. The number of ether oxygens (including phenoxy) is 1. The molecule has 0 spiro atoms. The van der Waals surface area contributed by atoms with Crippen molar-refractivity contribution in [3.05, 3.63) is 18.0 Å². The summed E-state index contributed by atoms with van der Waals surface area (Å²) in [5.74, 6) is 0.993. The third-order valence-corrected chi connectivity index (χ3v) is 4.46. The molecule has 142 valence electrons. The summed E-state index contributed by atoms with van der Waals surface area (Å²) < 4.78 is 7.77. The van der Waals surface area contributed by atoms with Crippen molar-refractivity contribution in [3.8, 4) is 0 Å². The molecular weight excluding hydrogens is 316 g/mol. The molecule has 0 amide bonds. The van der Waals surface area contributed by atoms with Gasteiger partial charge in [0, 0.05) is 38.4 Å². The molecule has 25 heavy (non-hydrogen) atoms. The normalized spacial score (nSPS) is 18.8. The number of hydrogen-bond acceptors (Lipinski definition) is 4. The van der Waals surface area contributed by atoms with Crippen LogP contribution < -0.4 is 5.32 Å². The van der Waals surface area contributed by atoms with Gasteiger partial charge in [-0.2, -0.15) is 5.10 Å². The molecule has 1 fully saturated rings. The summed E-state index contributed by atoms with van der Waals surface area (Å²) in [5.41, 5.74) is 1.13. The first-order valence-electron chi connectivity index (χ1n) is 9.53. The second kappa shape index (κ2) is 10.4. The lowest BCUT2D eigenvalue weighted by Gasteiger charge is -2.35. The average molecular weight is 351 g/mol. The molecule has 7 heteroatoms. The zero-order valence-electron chi connectivity index (χ0n) is 16.2. The number of rotatable bonds is 8. The van der Waals surface area contributed by atoms with E-state index in [9.17, 15) is 0 Å². The summed E-state index contributed by atoms with van der Waals surface area (Å²) >= 11 is 0. The Hall–Kier alpha value is -1.60. The van der Waals surface area contributed by atoms with Crippen molar-refractivity contribution in [1.29, 1.82) is 0 Å². The van der Waals surface area contributed by atoms with Crippen LogP contribution in [0.5, 0.6) is 0 Å². The van der Waals surface area contributed by atoms with Gasteiger partial charge in [0.25, 0.3) is 0 Å². The summed E-state index contributed by atoms with van der Waals surface area (Å²) in [6.07, 6.45) is 5.16. The fourth-order valence-corrected chi connectivity index (χ4v) is 3.12. The molecule has 1 unspecified atom stereocenters. The molecule has 7 nitrogen and oxygen atoms in total. The van der Waals surface area contributed by atoms with Gasteiger partial charge in [-0.3, -0.25) is 9.67 Å². The van der Waals surface area contributed by atoms with Crippen molar-refractivity contribution in [3.63, 3.8) is 0 Å². The van der Waals surface area contributed by atoms with Gasteiger partial charge in [-0.1, -0.05) is 13.8 Å². The summed E-state index contributed by atoms with van der Waals surface area (Å²) in [6, 6.07) is 0. The van der Waals surface area contributed by atoms with Gasteiger partial charge in [0.15, 0.2) is 5.96 Å². The van der Waals surface area contributed by atoms with E-state index in [4.69, 9.17) is 9.73 Å². The predicted molar refractivity (Wildman–Crippen MR) is 102 cm³/mol. The van der Waals surface area contributed by atoms with Gasteiger partial charge >= 0.3 is 0 Å². The highest BCUT2D eigenvalue weighted by Crippen LogP contribution is 2.21. The third-order valence-electron chi connectivity index (χ3n) is 4.46. The van der Waals surface area contributed by atoms with Crippen LogP contribution in [0.1, 0.15) is 38.9 Å². The first-order chi connectivity index (χ1) is 12.2. The van der Waals surface area contributed by atoms with E-state index in [1.807, 2.05) is 24.1 Å². The molecular formula is C18H34N6O. The van der Waals surface area contributed by atoms with E-state index in [-0.39, 0.29) is 6.10 Å². The standard InChI is InChI=1S/C18H34N6O/c1-5-9-23(7-3)10-8-20-18(19-6-2)24-11-12-25-17(15-24)16-13-21-22(4)14-16/h13-14,17H,5-12,15H2,1-4H3,(H,19,20). The predicted octanol–water partition coefficient (Wildman–Crippen LogP) is 1.49. The van der Waals surface area contributed by atoms with E-state index in [2.05, 4.69) is 41.0 Å². The Morgan fingerprint density at radius 2 is 2.24 bits per heavy atom.